The molecule has 0 atom stereocenters. The molecule has 2 heterocycles. The number of amides is 2. The van der Waals surface area contributed by atoms with Crippen molar-refractivity contribution in [3.63, 3.8) is 0 Å². The molecule has 2 aromatic rings. The fourth-order valence-electron chi connectivity index (χ4n) is 3.29. The number of methoxy groups -OCH3 is 1. The Morgan fingerprint density at radius 3 is 2.88 bits per heavy atom. The van der Waals surface area contributed by atoms with Gasteiger partial charge in [0.15, 0.2) is 0 Å². The summed E-state index contributed by atoms with van der Waals surface area (Å²) in [6.45, 7) is 3.74. The number of nitrogens with zero attached hydrogens (tertiary/aromatic N) is 2. The molecule has 9 heteroatoms. The Morgan fingerprint density at radius 2 is 2.12 bits per heavy atom. The summed E-state index contributed by atoms with van der Waals surface area (Å²) in [5.74, 6) is 0.350. The number of carbonyl (C=O) groups is 2. The van der Waals surface area contributed by atoms with Gasteiger partial charge < -0.3 is 24.4 Å². The SMILES string of the molecule is CCOc1ccccc1/C=C/C(=O)Nc1sc2c(c1C#N)CCN(C(=O)OCCOC)C2. The fourth-order valence-corrected chi connectivity index (χ4v) is 4.51. The molecule has 1 aromatic carbocycles. The topological polar surface area (TPSA) is 101 Å². The lowest BCUT2D eigenvalue weighted by atomic mass is 10.0. The Labute approximate surface area is 191 Å². The van der Waals surface area contributed by atoms with E-state index >= 15 is 0 Å². The first-order valence-corrected chi connectivity index (χ1v) is 11.0. The lowest BCUT2D eigenvalue weighted by Gasteiger charge is -2.26. The lowest BCUT2D eigenvalue weighted by Crippen LogP contribution is -2.36. The van der Waals surface area contributed by atoms with E-state index in [4.69, 9.17) is 14.2 Å². The molecule has 0 spiro atoms. The van der Waals surface area contributed by atoms with Crippen LogP contribution in [0.5, 0.6) is 5.75 Å². The summed E-state index contributed by atoms with van der Waals surface area (Å²) in [7, 11) is 1.54. The number of benzene rings is 1. The Balaban J connectivity index is 1.69. The van der Waals surface area contributed by atoms with Crippen LogP contribution < -0.4 is 10.1 Å². The van der Waals surface area contributed by atoms with E-state index in [1.54, 1.807) is 18.1 Å². The highest BCUT2D eigenvalue weighted by Crippen LogP contribution is 2.36. The number of anilines is 1. The minimum Gasteiger partial charge on any atom is -0.493 e. The van der Waals surface area contributed by atoms with E-state index in [1.165, 1.54) is 17.4 Å². The van der Waals surface area contributed by atoms with Crippen LogP contribution in [0.15, 0.2) is 30.3 Å². The second-order valence-corrected chi connectivity index (χ2v) is 8.00. The Morgan fingerprint density at radius 1 is 1.31 bits per heavy atom. The van der Waals surface area contributed by atoms with Crippen molar-refractivity contribution in [2.75, 3.05) is 38.8 Å². The molecule has 0 bridgehead atoms. The van der Waals surface area contributed by atoms with Crippen molar-refractivity contribution in [2.45, 2.75) is 19.9 Å². The molecule has 2 amide bonds. The molecule has 0 fully saturated rings. The minimum absolute atomic E-state index is 0.187. The molecule has 0 aliphatic carbocycles. The number of hydrogen-bond donors (Lipinski definition) is 1. The maximum absolute atomic E-state index is 12.5. The lowest BCUT2D eigenvalue weighted by molar-refractivity contribution is -0.111. The van der Waals surface area contributed by atoms with Crippen molar-refractivity contribution in [1.29, 1.82) is 5.26 Å². The van der Waals surface area contributed by atoms with Crippen LogP contribution in [-0.2, 0) is 27.2 Å². The Hall–Kier alpha value is -3.35. The number of fused-ring (bicyclic) bond motifs is 1. The van der Waals surface area contributed by atoms with Gasteiger partial charge in [-0.05, 0) is 31.1 Å². The monoisotopic (exact) mass is 455 g/mol. The van der Waals surface area contributed by atoms with Gasteiger partial charge in [-0.1, -0.05) is 18.2 Å². The zero-order valence-electron chi connectivity index (χ0n) is 18.1. The molecule has 3 rings (SSSR count). The van der Waals surface area contributed by atoms with Crippen LogP contribution in [0.4, 0.5) is 9.80 Å². The first-order chi connectivity index (χ1) is 15.6. The number of rotatable bonds is 8. The summed E-state index contributed by atoms with van der Waals surface area (Å²) in [6.07, 6.45) is 3.21. The zero-order chi connectivity index (χ0) is 22.9. The average molecular weight is 456 g/mol. The van der Waals surface area contributed by atoms with E-state index < -0.39 is 6.09 Å². The second-order valence-electron chi connectivity index (χ2n) is 6.89. The van der Waals surface area contributed by atoms with Crippen LogP contribution in [0.1, 0.15) is 28.5 Å². The van der Waals surface area contributed by atoms with Crippen LogP contribution >= 0.6 is 11.3 Å². The molecule has 0 radical (unpaired) electrons. The van der Waals surface area contributed by atoms with E-state index in [2.05, 4.69) is 11.4 Å². The van der Waals surface area contributed by atoms with Crippen molar-refractivity contribution in [1.82, 2.24) is 4.90 Å². The number of nitriles is 1. The molecule has 0 saturated heterocycles. The van der Waals surface area contributed by atoms with Gasteiger partial charge in [0.25, 0.3) is 0 Å². The molecule has 32 heavy (non-hydrogen) atoms. The third kappa shape index (κ3) is 5.66. The molecule has 0 unspecified atom stereocenters. The molecule has 1 N–H and O–H groups in total. The molecule has 168 valence electrons. The van der Waals surface area contributed by atoms with Gasteiger partial charge in [-0.25, -0.2) is 4.79 Å². The van der Waals surface area contributed by atoms with E-state index in [0.29, 0.717) is 49.0 Å². The van der Waals surface area contributed by atoms with Crippen LogP contribution in [0, 0.1) is 11.3 Å². The second kappa shape index (κ2) is 11.3. The standard InChI is InChI=1S/C23H25N3O5S/c1-3-30-19-7-5-4-6-16(19)8-9-21(27)25-22-18(14-24)17-10-11-26(15-20(17)32-22)23(28)31-13-12-29-2/h4-9H,3,10-13,15H2,1-2H3,(H,25,27)/b9-8+. The largest absolute Gasteiger partial charge is 0.493 e. The predicted octanol–water partition coefficient (Wildman–Crippen LogP) is 3.81. The van der Waals surface area contributed by atoms with Crippen molar-refractivity contribution in [3.8, 4) is 11.8 Å². The van der Waals surface area contributed by atoms with E-state index in [1.807, 2.05) is 31.2 Å². The molecule has 8 nitrogen and oxygen atoms in total. The zero-order valence-corrected chi connectivity index (χ0v) is 18.9. The number of hydrogen-bond acceptors (Lipinski definition) is 7. The quantitative estimate of drug-likeness (QED) is 0.480. The summed E-state index contributed by atoms with van der Waals surface area (Å²) < 4.78 is 15.6. The Kier molecular flexibility index (Phi) is 8.25. The highest BCUT2D eigenvalue weighted by atomic mass is 32.1. The number of thiophene rings is 1. The molecular weight excluding hydrogens is 430 g/mol. The Bertz CT molecular complexity index is 1040. The van der Waals surface area contributed by atoms with Gasteiger partial charge in [0.05, 0.1) is 25.3 Å². The number of carbonyl (C=O) groups excluding carboxylic acids is 2. The number of para-hydroxylation sites is 1. The van der Waals surface area contributed by atoms with Crippen molar-refractivity contribution in [2.24, 2.45) is 0 Å². The van der Waals surface area contributed by atoms with Crippen LogP contribution in [0.3, 0.4) is 0 Å². The van der Waals surface area contributed by atoms with Crippen molar-refractivity contribution in [3.05, 3.63) is 51.9 Å². The molecule has 1 aliphatic rings. The van der Waals surface area contributed by atoms with Gasteiger partial charge in [-0.3, -0.25) is 4.79 Å². The summed E-state index contributed by atoms with van der Waals surface area (Å²) in [6, 6.07) is 9.64. The van der Waals surface area contributed by atoms with Crippen LogP contribution in [-0.4, -0.2) is 50.4 Å². The fraction of sp³-hybridized carbons (Fsp3) is 0.348. The summed E-state index contributed by atoms with van der Waals surface area (Å²) in [5.41, 5.74) is 2.12. The van der Waals surface area contributed by atoms with Gasteiger partial charge in [-0.15, -0.1) is 11.3 Å². The van der Waals surface area contributed by atoms with E-state index in [0.717, 1.165) is 16.0 Å². The minimum atomic E-state index is -0.416. The highest BCUT2D eigenvalue weighted by molar-refractivity contribution is 7.16. The van der Waals surface area contributed by atoms with Gasteiger partial charge in [0.2, 0.25) is 5.91 Å². The summed E-state index contributed by atoms with van der Waals surface area (Å²) in [5, 5.41) is 12.9. The molecular formula is C23H25N3O5S. The third-order valence-electron chi connectivity index (χ3n) is 4.81. The average Bonchev–Trinajstić information content (AvgIpc) is 3.14. The van der Waals surface area contributed by atoms with Crippen LogP contribution in [0.2, 0.25) is 0 Å². The smallest absolute Gasteiger partial charge is 0.410 e. The number of nitrogens with one attached hydrogen (secondary N) is 1. The maximum Gasteiger partial charge on any atom is 0.410 e. The first kappa shape index (κ1) is 23.3. The van der Waals surface area contributed by atoms with E-state index in [-0.39, 0.29) is 12.5 Å². The van der Waals surface area contributed by atoms with E-state index in [9.17, 15) is 14.9 Å². The maximum atomic E-state index is 12.5. The van der Waals surface area contributed by atoms with Crippen molar-refractivity contribution >= 4 is 34.4 Å². The molecule has 1 aromatic heterocycles. The summed E-state index contributed by atoms with van der Waals surface area (Å²) >= 11 is 1.31. The van der Waals surface area contributed by atoms with Gasteiger partial charge in [-0.2, -0.15) is 5.26 Å². The predicted molar refractivity (Wildman–Crippen MR) is 122 cm³/mol. The molecule has 1 aliphatic heterocycles. The van der Waals surface area contributed by atoms with Gasteiger partial charge in [0.1, 0.15) is 23.4 Å². The highest BCUT2D eigenvalue weighted by Gasteiger charge is 2.28. The normalized spacial score (nSPS) is 12.8. The number of ether oxygens (including phenoxy) is 3. The molecule has 0 saturated carbocycles. The van der Waals surface area contributed by atoms with Gasteiger partial charge >= 0.3 is 6.09 Å². The summed E-state index contributed by atoms with van der Waals surface area (Å²) in [4.78, 5) is 27.2. The first-order valence-electron chi connectivity index (χ1n) is 10.2. The van der Waals surface area contributed by atoms with Crippen molar-refractivity contribution < 1.29 is 23.8 Å². The third-order valence-corrected chi connectivity index (χ3v) is 5.94. The van der Waals surface area contributed by atoms with Gasteiger partial charge in [0, 0.05) is 30.2 Å². The van der Waals surface area contributed by atoms with Crippen LogP contribution in [0.25, 0.3) is 6.08 Å².